The molecule has 67 heavy (non-hydrogen) atoms. The first-order valence-corrected chi connectivity index (χ1v) is 23.0. The van der Waals surface area contributed by atoms with Crippen molar-refractivity contribution in [1.82, 2.24) is 24.1 Å². The molecule has 0 saturated heterocycles. The molecular formula is C62H41N5. The van der Waals surface area contributed by atoms with Gasteiger partial charge in [-0.25, -0.2) is 15.0 Å². The molecule has 14 rings (SSSR count). The van der Waals surface area contributed by atoms with Crippen LogP contribution in [-0.2, 0) is 5.41 Å². The lowest BCUT2D eigenvalue weighted by Crippen LogP contribution is -2.15. The third kappa shape index (κ3) is 5.46. The van der Waals surface area contributed by atoms with E-state index in [-0.39, 0.29) is 5.41 Å². The maximum Gasteiger partial charge on any atom is 0.164 e. The predicted octanol–water partition coefficient (Wildman–Crippen LogP) is 15.7. The SMILES string of the molecule is CC1(C)c2ccccc2-c2cc3c4c5ccccc5c(-n5c6ccccc6c6ccccc65)cc4n(-c4ccc(-c5nc(-c6ccccc6)nc(-c6ccccc6)n5)c5ccccc45)c3cc21. The fraction of sp³-hybridized carbons (Fsp3) is 0.0484. The van der Waals surface area contributed by atoms with Crippen molar-refractivity contribution >= 4 is 65.2 Å². The molecular weight excluding hydrogens is 815 g/mol. The van der Waals surface area contributed by atoms with Gasteiger partial charge in [0.2, 0.25) is 0 Å². The summed E-state index contributed by atoms with van der Waals surface area (Å²) in [6, 6.07) is 76.7. The Morgan fingerprint density at radius 3 is 1.48 bits per heavy atom. The molecule has 0 N–H and O–H groups in total. The average molecular weight is 856 g/mol. The van der Waals surface area contributed by atoms with Gasteiger partial charge in [-0.3, -0.25) is 0 Å². The summed E-state index contributed by atoms with van der Waals surface area (Å²) in [5.74, 6) is 1.92. The van der Waals surface area contributed by atoms with Gasteiger partial charge in [-0.15, -0.1) is 0 Å². The topological polar surface area (TPSA) is 48.5 Å². The Morgan fingerprint density at radius 2 is 0.821 bits per heavy atom. The molecule has 0 spiro atoms. The number of fused-ring (bicyclic) bond motifs is 12. The van der Waals surface area contributed by atoms with E-state index in [0.29, 0.717) is 17.5 Å². The molecule has 5 nitrogen and oxygen atoms in total. The van der Waals surface area contributed by atoms with Gasteiger partial charge in [0.05, 0.1) is 33.4 Å². The van der Waals surface area contributed by atoms with Gasteiger partial charge in [0.1, 0.15) is 0 Å². The number of aromatic nitrogens is 5. The van der Waals surface area contributed by atoms with Crippen molar-refractivity contribution in [2.75, 3.05) is 0 Å². The van der Waals surface area contributed by atoms with Crippen LogP contribution >= 0.6 is 0 Å². The molecule has 0 atom stereocenters. The molecule has 314 valence electrons. The minimum Gasteiger partial charge on any atom is -0.309 e. The van der Waals surface area contributed by atoms with Crippen LogP contribution in [0.15, 0.2) is 212 Å². The van der Waals surface area contributed by atoms with Gasteiger partial charge >= 0.3 is 0 Å². The third-order valence-corrected chi connectivity index (χ3v) is 14.4. The Morgan fingerprint density at radius 1 is 0.313 bits per heavy atom. The van der Waals surface area contributed by atoms with E-state index in [1.165, 1.54) is 71.1 Å². The summed E-state index contributed by atoms with van der Waals surface area (Å²) in [6.07, 6.45) is 0. The summed E-state index contributed by atoms with van der Waals surface area (Å²) < 4.78 is 5.02. The molecule has 0 amide bonds. The lowest BCUT2D eigenvalue weighted by Gasteiger charge is -2.22. The van der Waals surface area contributed by atoms with Crippen LogP contribution in [0, 0.1) is 0 Å². The zero-order valence-electron chi connectivity index (χ0n) is 36.9. The van der Waals surface area contributed by atoms with Crippen LogP contribution in [0.25, 0.3) is 122 Å². The fourth-order valence-electron chi connectivity index (χ4n) is 11.3. The molecule has 3 aromatic heterocycles. The summed E-state index contributed by atoms with van der Waals surface area (Å²) in [6.45, 7) is 4.75. The Kier molecular flexibility index (Phi) is 7.97. The van der Waals surface area contributed by atoms with Crippen molar-refractivity contribution in [2.24, 2.45) is 0 Å². The molecule has 0 unspecified atom stereocenters. The number of benzene rings is 10. The van der Waals surface area contributed by atoms with Gasteiger partial charge in [0.25, 0.3) is 0 Å². The van der Waals surface area contributed by atoms with E-state index in [4.69, 9.17) is 15.0 Å². The summed E-state index contributed by atoms with van der Waals surface area (Å²) in [5.41, 5.74) is 14.9. The van der Waals surface area contributed by atoms with Crippen molar-refractivity contribution in [3.8, 4) is 56.7 Å². The lowest BCUT2D eigenvalue weighted by atomic mass is 9.82. The van der Waals surface area contributed by atoms with Crippen molar-refractivity contribution in [2.45, 2.75) is 19.3 Å². The standard InChI is InChI=1S/C62H41N5/c1-62(2)50-30-16-13-24-41(50)48-35-49-55(36-51(48)62)67(57-37-56(45-28-11-12-29-46(45)58(49)57)66-52-31-17-14-26-43(52)44-27-15-18-32-53(44)66)54-34-33-47(40-23-9-10-25-42(40)54)61-64-59(38-19-5-3-6-20-38)63-60(65-61)39-21-7-4-8-22-39/h3-37H,1-2H3. The summed E-state index contributed by atoms with van der Waals surface area (Å²) in [7, 11) is 0. The van der Waals surface area contributed by atoms with Crippen LogP contribution in [0.1, 0.15) is 25.0 Å². The summed E-state index contributed by atoms with van der Waals surface area (Å²) >= 11 is 0. The summed E-state index contributed by atoms with van der Waals surface area (Å²) in [5, 5.41) is 9.56. The first-order chi connectivity index (χ1) is 33.0. The van der Waals surface area contributed by atoms with E-state index < -0.39 is 0 Å². The number of hydrogen-bond acceptors (Lipinski definition) is 3. The van der Waals surface area contributed by atoms with E-state index in [0.717, 1.165) is 44.4 Å². The van der Waals surface area contributed by atoms with Crippen LogP contribution in [-0.4, -0.2) is 24.1 Å². The molecule has 10 aromatic carbocycles. The molecule has 0 aliphatic heterocycles. The predicted molar refractivity (Wildman–Crippen MR) is 277 cm³/mol. The fourth-order valence-corrected chi connectivity index (χ4v) is 11.3. The van der Waals surface area contributed by atoms with Crippen LogP contribution < -0.4 is 0 Å². The molecule has 1 aliphatic carbocycles. The van der Waals surface area contributed by atoms with Gasteiger partial charge < -0.3 is 9.13 Å². The minimum absolute atomic E-state index is 0.185. The third-order valence-electron chi connectivity index (χ3n) is 14.4. The summed E-state index contributed by atoms with van der Waals surface area (Å²) in [4.78, 5) is 15.4. The monoisotopic (exact) mass is 855 g/mol. The largest absolute Gasteiger partial charge is 0.309 e. The van der Waals surface area contributed by atoms with Gasteiger partial charge in [0, 0.05) is 54.4 Å². The highest BCUT2D eigenvalue weighted by Gasteiger charge is 2.36. The van der Waals surface area contributed by atoms with Crippen molar-refractivity contribution in [1.29, 1.82) is 0 Å². The second-order valence-corrected chi connectivity index (χ2v) is 18.3. The molecule has 13 aromatic rings. The van der Waals surface area contributed by atoms with Crippen molar-refractivity contribution in [3.63, 3.8) is 0 Å². The van der Waals surface area contributed by atoms with Crippen LogP contribution in [0.3, 0.4) is 0 Å². The van der Waals surface area contributed by atoms with E-state index >= 15 is 0 Å². The normalized spacial score (nSPS) is 13.0. The van der Waals surface area contributed by atoms with Crippen molar-refractivity contribution < 1.29 is 0 Å². The molecule has 0 bridgehead atoms. The molecule has 0 fully saturated rings. The number of para-hydroxylation sites is 2. The Labute approximate surface area is 386 Å². The van der Waals surface area contributed by atoms with Gasteiger partial charge in [-0.05, 0) is 75.5 Å². The molecule has 1 aliphatic rings. The Hall–Kier alpha value is -8.67. The Balaban J connectivity index is 1.10. The number of hydrogen-bond donors (Lipinski definition) is 0. The first kappa shape index (κ1) is 37.7. The van der Waals surface area contributed by atoms with E-state index in [1.54, 1.807) is 0 Å². The number of nitrogens with zero attached hydrogens (tertiary/aromatic N) is 5. The second-order valence-electron chi connectivity index (χ2n) is 18.3. The maximum absolute atomic E-state index is 5.21. The Bertz CT molecular complexity index is 4070. The quantitative estimate of drug-likeness (QED) is 0.173. The van der Waals surface area contributed by atoms with Crippen LogP contribution in [0.4, 0.5) is 0 Å². The van der Waals surface area contributed by atoms with Gasteiger partial charge in [0.15, 0.2) is 17.5 Å². The van der Waals surface area contributed by atoms with Gasteiger partial charge in [-0.1, -0.05) is 184 Å². The zero-order chi connectivity index (χ0) is 44.4. The van der Waals surface area contributed by atoms with Crippen LogP contribution in [0.2, 0.25) is 0 Å². The highest BCUT2D eigenvalue weighted by atomic mass is 15.0. The minimum atomic E-state index is -0.185. The van der Waals surface area contributed by atoms with Crippen molar-refractivity contribution in [3.05, 3.63) is 223 Å². The highest BCUT2D eigenvalue weighted by Crippen LogP contribution is 2.52. The molecule has 3 heterocycles. The van der Waals surface area contributed by atoms with E-state index in [2.05, 4.69) is 199 Å². The molecule has 0 saturated carbocycles. The maximum atomic E-state index is 5.21. The van der Waals surface area contributed by atoms with E-state index in [1.807, 2.05) is 36.4 Å². The zero-order valence-corrected chi connectivity index (χ0v) is 36.9. The van der Waals surface area contributed by atoms with Gasteiger partial charge in [-0.2, -0.15) is 0 Å². The second kappa shape index (κ2) is 14.2. The molecule has 0 radical (unpaired) electrons. The van der Waals surface area contributed by atoms with E-state index in [9.17, 15) is 0 Å². The first-order valence-electron chi connectivity index (χ1n) is 23.0. The van der Waals surface area contributed by atoms with Crippen LogP contribution in [0.5, 0.6) is 0 Å². The number of rotatable bonds is 5. The lowest BCUT2D eigenvalue weighted by molar-refractivity contribution is 0.661. The highest BCUT2D eigenvalue weighted by molar-refractivity contribution is 6.25. The average Bonchev–Trinajstić information content (AvgIpc) is 3.98. The smallest absolute Gasteiger partial charge is 0.164 e. The molecule has 5 heteroatoms.